The van der Waals surface area contributed by atoms with E-state index in [1.54, 1.807) is 35.3 Å². The fourth-order valence-corrected chi connectivity index (χ4v) is 6.23. The number of alkyl halides is 3. The van der Waals surface area contributed by atoms with Gasteiger partial charge in [-0.05, 0) is 31.9 Å². The lowest BCUT2D eigenvalue weighted by atomic mass is 9.97. The minimum absolute atomic E-state index is 0.0562. The van der Waals surface area contributed by atoms with Crippen LogP contribution < -0.4 is 0 Å². The summed E-state index contributed by atoms with van der Waals surface area (Å²) < 4.78 is 39.7. The lowest BCUT2D eigenvalue weighted by molar-refractivity contribution is -0.144. The highest BCUT2D eigenvalue weighted by molar-refractivity contribution is 7.19. The standard InChI is InChI=1S/C21H16Cl2F3N5OS2/c1-10-16(34-20-28-19(21(24,25)26)29-31(10)20)18(32)30-6-4-11(5-7-30)17-27-15(9-33-17)12-2-3-13(22)14(23)8-12/h2-3,8-9,11H,4-7H2,1H3. The fraction of sp³-hybridized carbons (Fsp3) is 0.333. The van der Waals surface area contributed by atoms with Crippen LogP contribution in [0.5, 0.6) is 0 Å². The van der Waals surface area contributed by atoms with Crippen molar-refractivity contribution in [3.63, 3.8) is 0 Å². The third kappa shape index (κ3) is 4.30. The second-order valence-electron chi connectivity index (χ2n) is 7.91. The largest absolute Gasteiger partial charge is 0.453 e. The number of thiazole rings is 2. The molecule has 0 aliphatic carbocycles. The fourth-order valence-electron chi connectivity index (χ4n) is 3.90. The smallest absolute Gasteiger partial charge is 0.338 e. The van der Waals surface area contributed by atoms with E-state index < -0.39 is 12.0 Å². The molecule has 4 heterocycles. The molecule has 0 N–H and O–H groups in total. The number of benzene rings is 1. The Balaban J connectivity index is 1.27. The molecule has 0 bridgehead atoms. The van der Waals surface area contributed by atoms with Gasteiger partial charge < -0.3 is 4.90 Å². The van der Waals surface area contributed by atoms with E-state index >= 15 is 0 Å². The Morgan fingerprint density at radius 3 is 2.53 bits per heavy atom. The number of amides is 1. The summed E-state index contributed by atoms with van der Waals surface area (Å²) in [7, 11) is 0. The molecule has 1 fully saturated rings. The Morgan fingerprint density at radius 2 is 1.88 bits per heavy atom. The number of hydrogen-bond donors (Lipinski definition) is 0. The van der Waals surface area contributed by atoms with E-state index in [1.807, 2.05) is 11.4 Å². The average molecular weight is 546 g/mol. The molecule has 34 heavy (non-hydrogen) atoms. The molecule has 13 heteroatoms. The van der Waals surface area contributed by atoms with E-state index in [0.29, 0.717) is 33.7 Å². The van der Waals surface area contributed by atoms with Crippen molar-refractivity contribution in [2.75, 3.05) is 13.1 Å². The average Bonchev–Trinajstić information content (AvgIpc) is 3.52. The number of nitrogens with zero attached hydrogens (tertiary/aromatic N) is 5. The van der Waals surface area contributed by atoms with Crippen molar-refractivity contribution in [3.05, 3.63) is 55.0 Å². The van der Waals surface area contributed by atoms with Crippen molar-refractivity contribution in [1.29, 1.82) is 0 Å². The molecule has 3 aromatic heterocycles. The second kappa shape index (κ2) is 8.78. The van der Waals surface area contributed by atoms with Crippen LogP contribution in [0, 0.1) is 6.92 Å². The van der Waals surface area contributed by atoms with E-state index in [-0.39, 0.29) is 16.8 Å². The number of piperidine rings is 1. The zero-order chi connectivity index (χ0) is 24.2. The summed E-state index contributed by atoms with van der Waals surface area (Å²) >= 11 is 14.6. The maximum absolute atomic E-state index is 13.1. The molecule has 5 rings (SSSR count). The summed E-state index contributed by atoms with van der Waals surface area (Å²) in [6.45, 7) is 2.65. The lowest BCUT2D eigenvalue weighted by Gasteiger charge is -2.30. The molecule has 1 aromatic carbocycles. The molecule has 4 aromatic rings. The zero-order valence-electron chi connectivity index (χ0n) is 17.6. The maximum Gasteiger partial charge on any atom is 0.453 e. The molecule has 1 saturated heterocycles. The monoisotopic (exact) mass is 545 g/mol. The lowest BCUT2D eigenvalue weighted by Crippen LogP contribution is -2.37. The number of halogens is 5. The number of fused-ring (bicyclic) bond motifs is 1. The highest BCUT2D eigenvalue weighted by Gasteiger charge is 2.37. The van der Waals surface area contributed by atoms with Crippen LogP contribution in [0.15, 0.2) is 23.6 Å². The first kappa shape index (κ1) is 23.5. The topological polar surface area (TPSA) is 63.4 Å². The number of aromatic nitrogens is 4. The van der Waals surface area contributed by atoms with Crippen molar-refractivity contribution < 1.29 is 18.0 Å². The normalized spacial score (nSPS) is 15.4. The van der Waals surface area contributed by atoms with Crippen molar-refractivity contribution in [2.24, 2.45) is 0 Å². The van der Waals surface area contributed by atoms with Crippen molar-refractivity contribution in [1.82, 2.24) is 24.5 Å². The molecular formula is C21H16Cl2F3N5OS2. The van der Waals surface area contributed by atoms with Gasteiger partial charge in [-0.1, -0.05) is 40.6 Å². The first-order valence-electron chi connectivity index (χ1n) is 10.3. The molecule has 0 unspecified atom stereocenters. The van der Waals surface area contributed by atoms with Crippen molar-refractivity contribution in [3.8, 4) is 11.3 Å². The number of rotatable bonds is 3. The van der Waals surface area contributed by atoms with Crippen LogP contribution in [0.4, 0.5) is 13.2 Å². The number of carbonyl (C=O) groups is 1. The van der Waals surface area contributed by atoms with Gasteiger partial charge in [0.1, 0.15) is 4.88 Å². The quantitative estimate of drug-likeness (QED) is 0.292. The predicted octanol–water partition coefficient (Wildman–Crippen LogP) is 6.57. The maximum atomic E-state index is 13.1. The molecule has 0 atom stereocenters. The van der Waals surface area contributed by atoms with Crippen LogP contribution in [0.2, 0.25) is 10.0 Å². The molecule has 178 valence electrons. The highest BCUT2D eigenvalue weighted by Crippen LogP contribution is 2.36. The van der Waals surface area contributed by atoms with Crippen LogP contribution in [0.1, 0.15) is 45.0 Å². The molecule has 1 amide bonds. The van der Waals surface area contributed by atoms with Gasteiger partial charge in [-0.15, -0.1) is 16.4 Å². The van der Waals surface area contributed by atoms with Gasteiger partial charge >= 0.3 is 6.18 Å². The third-order valence-electron chi connectivity index (χ3n) is 5.73. The Bertz CT molecular complexity index is 1390. The van der Waals surface area contributed by atoms with Gasteiger partial charge in [0.05, 0.1) is 26.4 Å². The first-order chi connectivity index (χ1) is 16.1. The summed E-state index contributed by atoms with van der Waals surface area (Å²) in [5.41, 5.74) is 2.09. The summed E-state index contributed by atoms with van der Waals surface area (Å²) in [6.07, 6.45) is -3.13. The van der Waals surface area contributed by atoms with E-state index in [4.69, 9.17) is 28.2 Å². The molecular weight excluding hydrogens is 530 g/mol. The summed E-state index contributed by atoms with van der Waals surface area (Å²) in [4.78, 5) is 23.5. The van der Waals surface area contributed by atoms with Crippen LogP contribution in [-0.4, -0.2) is 43.5 Å². The van der Waals surface area contributed by atoms with Gasteiger partial charge in [-0.2, -0.15) is 18.2 Å². The molecule has 1 aliphatic rings. The zero-order valence-corrected chi connectivity index (χ0v) is 20.7. The summed E-state index contributed by atoms with van der Waals surface area (Å²) in [5, 5.41) is 7.47. The minimum Gasteiger partial charge on any atom is -0.338 e. The van der Waals surface area contributed by atoms with Crippen molar-refractivity contribution in [2.45, 2.75) is 31.9 Å². The molecule has 6 nitrogen and oxygen atoms in total. The number of likely N-dealkylation sites (tertiary alicyclic amines) is 1. The molecule has 1 aliphatic heterocycles. The first-order valence-corrected chi connectivity index (χ1v) is 12.7. The minimum atomic E-state index is -4.63. The molecule has 0 saturated carbocycles. The van der Waals surface area contributed by atoms with Crippen LogP contribution >= 0.6 is 45.9 Å². The molecule has 0 spiro atoms. The van der Waals surface area contributed by atoms with Gasteiger partial charge in [0.2, 0.25) is 4.96 Å². The van der Waals surface area contributed by atoms with Gasteiger partial charge in [0.25, 0.3) is 11.7 Å². The summed E-state index contributed by atoms with van der Waals surface area (Å²) in [5.74, 6) is -1.19. The van der Waals surface area contributed by atoms with Gasteiger partial charge in [0.15, 0.2) is 0 Å². The number of aryl methyl sites for hydroxylation is 1. The Labute approximate surface area is 210 Å². The third-order valence-corrected chi connectivity index (χ3v) is 8.60. The van der Waals surface area contributed by atoms with Gasteiger partial charge in [-0.25, -0.2) is 9.50 Å². The van der Waals surface area contributed by atoms with E-state index in [2.05, 4.69) is 10.1 Å². The molecule has 0 radical (unpaired) electrons. The van der Waals surface area contributed by atoms with Gasteiger partial charge in [0, 0.05) is 30.0 Å². The SMILES string of the molecule is Cc1c(C(=O)N2CCC(c3nc(-c4ccc(Cl)c(Cl)c4)cs3)CC2)sc2nc(C(F)(F)F)nn12. The van der Waals surface area contributed by atoms with Crippen molar-refractivity contribution >= 4 is 56.7 Å². The summed E-state index contributed by atoms with van der Waals surface area (Å²) in [6, 6.07) is 5.41. The van der Waals surface area contributed by atoms with Gasteiger partial charge in [-0.3, -0.25) is 4.79 Å². The van der Waals surface area contributed by atoms with Crippen LogP contribution in [-0.2, 0) is 6.18 Å². The Hall–Kier alpha value is -2.21. The Morgan fingerprint density at radius 1 is 1.15 bits per heavy atom. The van der Waals surface area contributed by atoms with Crippen LogP contribution in [0.25, 0.3) is 16.2 Å². The highest BCUT2D eigenvalue weighted by atomic mass is 35.5. The van der Waals surface area contributed by atoms with E-state index in [9.17, 15) is 18.0 Å². The van der Waals surface area contributed by atoms with Crippen LogP contribution in [0.3, 0.4) is 0 Å². The van der Waals surface area contributed by atoms with E-state index in [1.165, 1.54) is 0 Å². The predicted molar refractivity (Wildman–Crippen MR) is 126 cm³/mol. The Kier molecular flexibility index (Phi) is 6.07. The second-order valence-corrected chi connectivity index (χ2v) is 10.6. The number of hydrogen-bond acceptors (Lipinski definition) is 6. The number of carbonyl (C=O) groups excluding carboxylic acids is 1. The van der Waals surface area contributed by atoms with E-state index in [0.717, 1.165) is 45.0 Å².